The van der Waals surface area contributed by atoms with Crippen molar-refractivity contribution < 1.29 is 9.53 Å². The second-order valence-corrected chi connectivity index (χ2v) is 3.94. The van der Waals surface area contributed by atoms with Crippen LogP contribution in [0.2, 0.25) is 0 Å². The predicted octanol–water partition coefficient (Wildman–Crippen LogP) is 1.97. The Morgan fingerprint density at radius 2 is 2.06 bits per heavy atom. The molecule has 90 valence electrons. The van der Waals surface area contributed by atoms with E-state index in [9.17, 15) is 4.79 Å². The molecular formula is C14H17NO2. The molecule has 0 aromatic heterocycles. The molecule has 17 heavy (non-hydrogen) atoms. The molecule has 0 aliphatic carbocycles. The highest BCUT2D eigenvalue weighted by Crippen LogP contribution is 2.07. The molecule has 0 saturated carbocycles. The second-order valence-electron chi connectivity index (χ2n) is 3.94. The van der Waals surface area contributed by atoms with Gasteiger partial charge in [0, 0.05) is 5.56 Å². The van der Waals surface area contributed by atoms with Gasteiger partial charge in [0.2, 0.25) is 0 Å². The van der Waals surface area contributed by atoms with Gasteiger partial charge in [-0.3, -0.25) is 4.79 Å². The Kier molecular flexibility index (Phi) is 5.25. The van der Waals surface area contributed by atoms with Crippen LogP contribution in [0.15, 0.2) is 24.3 Å². The third kappa shape index (κ3) is 4.71. The third-order valence-corrected chi connectivity index (χ3v) is 2.15. The number of hydrogen-bond donors (Lipinski definition) is 1. The van der Waals surface area contributed by atoms with Gasteiger partial charge in [-0.05, 0) is 31.5 Å². The number of rotatable bonds is 5. The average molecular weight is 231 g/mol. The molecule has 0 saturated heterocycles. The maximum atomic E-state index is 11.5. The van der Waals surface area contributed by atoms with E-state index in [1.54, 1.807) is 12.1 Å². The number of amides is 1. The van der Waals surface area contributed by atoms with Crippen molar-refractivity contribution in [2.45, 2.75) is 26.6 Å². The van der Waals surface area contributed by atoms with Crippen LogP contribution in [0.4, 0.5) is 0 Å². The first-order valence-corrected chi connectivity index (χ1v) is 5.55. The van der Waals surface area contributed by atoms with Gasteiger partial charge in [-0.15, -0.1) is 6.42 Å². The van der Waals surface area contributed by atoms with Crippen LogP contribution < -0.4 is 5.32 Å². The van der Waals surface area contributed by atoms with Crippen LogP contribution in [0, 0.1) is 12.3 Å². The molecule has 1 aromatic carbocycles. The molecule has 0 aliphatic heterocycles. The van der Waals surface area contributed by atoms with Crippen LogP contribution in [0.3, 0.4) is 0 Å². The van der Waals surface area contributed by atoms with Gasteiger partial charge in [-0.25, -0.2) is 0 Å². The fourth-order valence-corrected chi connectivity index (χ4v) is 1.25. The summed E-state index contributed by atoms with van der Waals surface area (Å²) in [6.45, 7) is 4.78. The van der Waals surface area contributed by atoms with E-state index in [1.165, 1.54) is 0 Å². The first-order chi connectivity index (χ1) is 8.13. The largest absolute Gasteiger partial charge is 0.374 e. The number of ether oxygens (including phenoxy) is 1. The van der Waals surface area contributed by atoms with Gasteiger partial charge in [-0.1, -0.05) is 18.1 Å². The zero-order chi connectivity index (χ0) is 12.7. The SMILES string of the molecule is C#CCNC(=O)c1ccc(COC(C)C)cc1. The minimum Gasteiger partial charge on any atom is -0.374 e. The summed E-state index contributed by atoms with van der Waals surface area (Å²) in [5.74, 6) is 2.21. The van der Waals surface area contributed by atoms with Crippen LogP contribution in [-0.4, -0.2) is 18.6 Å². The van der Waals surface area contributed by atoms with E-state index in [0.29, 0.717) is 12.2 Å². The smallest absolute Gasteiger partial charge is 0.252 e. The molecular weight excluding hydrogens is 214 g/mol. The summed E-state index contributed by atoms with van der Waals surface area (Å²) >= 11 is 0. The summed E-state index contributed by atoms with van der Waals surface area (Å²) in [5, 5.41) is 2.61. The van der Waals surface area contributed by atoms with Crippen molar-refractivity contribution in [1.29, 1.82) is 0 Å². The van der Waals surface area contributed by atoms with Gasteiger partial charge in [0.25, 0.3) is 5.91 Å². The van der Waals surface area contributed by atoms with Crippen molar-refractivity contribution in [3.05, 3.63) is 35.4 Å². The molecule has 3 nitrogen and oxygen atoms in total. The molecule has 1 N–H and O–H groups in total. The van der Waals surface area contributed by atoms with E-state index in [1.807, 2.05) is 26.0 Å². The lowest BCUT2D eigenvalue weighted by Gasteiger charge is -2.08. The van der Waals surface area contributed by atoms with Gasteiger partial charge in [-0.2, -0.15) is 0 Å². The maximum Gasteiger partial charge on any atom is 0.252 e. The molecule has 0 heterocycles. The Hall–Kier alpha value is -1.79. The Bertz CT molecular complexity index is 401. The molecule has 0 radical (unpaired) electrons. The van der Waals surface area contributed by atoms with Gasteiger partial charge in [0.1, 0.15) is 0 Å². The van der Waals surface area contributed by atoms with Crippen molar-refractivity contribution in [2.24, 2.45) is 0 Å². The number of terminal acetylenes is 1. The standard InChI is InChI=1S/C14H17NO2/c1-4-9-15-14(16)13-7-5-12(6-8-13)10-17-11(2)3/h1,5-8,11H,9-10H2,2-3H3,(H,15,16). The topological polar surface area (TPSA) is 38.3 Å². The quantitative estimate of drug-likeness (QED) is 0.787. The van der Waals surface area contributed by atoms with Gasteiger partial charge in [0.15, 0.2) is 0 Å². The predicted molar refractivity (Wildman–Crippen MR) is 67.5 cm³/mol. The monoisotopic (exact) mass is 231 g/mol. The van der Waals surface area contributed by atoms with E-state index in [4.69, 9.17) is 11.2 Å². The molecule has 0 aliphatic rings. The first-order valence-electron chi connectivity index (χ1n) is 5.55. The average Bonchev–Trinajstić information content (AvgIpc) is 2.34. The number of carbonyl (C=O) groups is 1. The van der Waals surface area contributed by atoms with Gasteiger partial charge < -0.3 is 10.1 Å². The molecule has 0 unspecified atom stereocenters. The van der Waals surface area contributed by atoms with Crippen molar-refractivity contribution in [2.75, 3.05) is 6.54 Å². The van der Waals surface area contributed by atoms with Crippen LogP contribution in [0.1, 0.15) is 29.8 Å². The fraction of sp³-hybridized carbons (Fsp3) is 0.357. The highest BCUT2D eigenvalue weighted by atomic mass is 16.5. The van der Waals surface area contributed by atoms with E-state index in [0.717, 1.165) is 5.56 Å². The molecule has 0 fully saturated rings. The molecule has 0 bridgehead atoms. The van der Waals surface area contributed by atoms with Crippen molar-refractivity contribution in [3.8, 4) is 12.3 Å². The van der Waals surface area contributed by atoms with Crippen LogP contribution in [0.5, 0.6) is 0 Å². The van der Waals surface area contributed by atoms with E-state index in [2.05, 4.69) is 11.2 Å². The van der Waals surface area contributed by atoms with Crippen LogP contribution in [-0.2, 0) is 11.3 Å². The minimum absolute atomic E-state index is 0.153. The van der Waals surface area contributed by atoms with Crippen molar-refractivity contribution >= 4 is 5.91 Å². The molecule has 0 spiro atoms. The Labute approximate surface area is 102 Å². The Morgan fingerprint density at radius 1 is 1.41 bits per heavy atom. The number of benzene rings is 1. The molecule has 1 amide bonds. The fourth-order valence-electron chi connectivity index (χ4n) is 1.25. The summed E-state index contributed by atoms with van der Waals surface area (Å²) in [5.41, 5.74) is 1.65. The van der Waals surface area contributed by atoms with Gasteiger partial charge >= 0.3 is 0 Å². The first kappa shape index (κ1) is 13.3. The van der Waals surface area contributed by atoms with E-state index in [-0.39, 0.29) is 18.6 Å². The maximum absolute atomic E-state index is 11.5. The molecule has 1 aromatic rings. The zero-order valence-corrected chi connectivity index (χ0v) is 10.2. The minimum atomic E-state index is -0.153. The van der Waals surface area contributed by atoms with Crippen LogP contribution >= 0.6 is 0 Å². The molecule has 0 atom stereocenters. The lowest BCUT2D eigenvalue weighted by molar-refractivity contribution is 0.0657. The number of hydrogen-bond acceptors (Lipinski definition) is 2. The highest BCUT2D eigenvalue weighted by Gasteiger charge is 2.04. The number of carbonyl (C=O) groups excluding carboxylic acids is 1. The van der Waals surface area contributed by atoms with E-state index < -0.39 is 0 Å². The summed E-state index contributed by atoms with van der Waals surface area (Å²) in [4.78, 5) is 11.5. The summed E-state index contributed by atoms with van der Waals surface area (Å²) < 4.78 is 5.47. The van der Waals surface area contributed by atoms with Gasteiger partial charge in [0.05, 0.1) is 19.3 Å². The normalized spacial score (nSPS) is 10.0. The highest BCUT2D eigenvalue weighted by molar-refractivity contribution is 5.94. The third-order valence-electron chi connectivity index (χ3n) is 2.15. The summed E-state index contributed by atoms with van der Waals surface area (Å²) in [6.07, 6.45) is 5.27. The Morgan fingerprint density at radius 3 is 2.59 bits per heavy atom. The molecule has 3 heteroatoms. The van der Waals surface area contributed by atoms with Crippen molar-refractivity contribution in [3.63, 3.8) is 0 Å². The lowest BCUT2D eigenvalue weighted by Crippen LogP contribution is -2.23. The summed E-state index contributed by atoms with van der Waals surface area (Å²) in [7, 11) is 0. The van der Waals surface area contributed by atoms with Crippen LogP contribution in [0.25, 0.3) is 0 Å². The zero-order valence-electron chi connectivity index (χ0n) is 10.2. The molecule has 1 rings (SSSR count). The van der Waals surface area contributed by atoms with Crippen molar-refractivity contribution in [1.82, 2.24) is 5.32 Å². The van der Waals surface area contributed by atoms with E-state index >= 15 is 0 Å². The lowest BCUT2D eigenvalue weighted by atomic mass is 10.1. The second kappa shape index (κ2) is 6.72. The number of nitrogens with one attached hydrogen (secondary N) is 1. The Balaban J connectivity index is 2.55. The summed E-state index contributed by atoms with van der Waals surface area (Å²) in [6, 6.07) is 7.30.